The first kappa shape index (κ1) is 24.1. The molecule has 0 unspecified atom stereocenters. The van der Waals surface area contributed by atoms with Gasteiger partial charge in [-0.1, -0.05) is 58.8 Å². The Hall–Kier alpha value is -3.65. The molecule has 5 aromatic rings. The molecule has 0 fully saturated rings. The number of nitrogens with one attached hydrogen (secondary N) is 1. The molecule has 2 heterocycles. The average molecular weight is 536 g/mol. The Kier molecular flexibility index (Phi) is 6.78. The number of fused-ring (bicyclic) bond motifs is 1. The summed E-state index contributed by atoms with van der Waals surface area (Å²) in [6.45, 7) is -0.179. The van der Waals surface area contributed by atoms with Gasteiger partial charge in [-0.05, 0) is 60.2 Å². The molecule has 0 bridgehead atoms. The van der Waals surface area contributed by atoms with Crippen molar-refractivity contribution in [2.24, 2.45) is 0 Å². The largest absolute Gasteiger partial charge is 0.497 e. The summed E-state index contributed by atoms with van der Waals surface area (Å²) in [5.74, 6) is 0.343. The first-order valence-electron chi connectivity index (χ1n) is 10.9. The molecule has 6 nitrogen and oxygen atoms in total. The number of methoxy groups -OCH3 is 1. The van der Waals surface area contributed by atoms with E-state index in [-0.39, 0.29) is 17.3 Å². The molecule has 9 heteroatoms. The monoisotopic (exact) mass is 535 g/mol. The molecule has 2 aromatic heterocycles. The van der Waals surface area contributed by atoms with Crippen molar-refractivity contribution < 1.29 is 9.53 Å². The highest BCUT2D eigenvalue weighted by Gasteiger charge is 2.18. The van der Waals surface area contributed by atoms with E-state index in [4.69, 9.17) is 32.9 Å². The van der Waals surface area contributed by atoms with Crippen molar-refractivity contribution in [3.05, 3.63) is 98.6 Å². The molecule has 0 aliphatic rings. The number of anilines is 1. The zero-order chi connectivity index (χ0) is 25.2. The lowest BCUT2D eigenvalue weighted by Gasteiger charge is -2.10. The van der Waals surface area contributed by atoms with Crippen molar-refractivity contribution in [2.45, 2.75) is 6.54 Å². The number of hydrogen-bond acceptors (Lipinski definition) is 5. The van der Waals surface area contributed by atoms with Crippen LogP contribution in [0.15, 0.2) is 83.7 Å². The maximum atomic E-state index is 13.0. The molecule has 0 aliphatic heterocycles. The van der Waals surface area contributed by atoms with E-state index in [1.54, 1.807) is 55.6 Å². The molecular formula is C27H19Cl2N3O3S. The number of thiazole rings is 1. The van der Waals surface area contributed by atoms with E-state index < -0.39 is 0 Å². The third-order valence-electron chi connectivity index (χ3n) is 5.59. The van der Waals surface area contributed by atoms with Crippen molar-refractivity contribution >= 4 is 56.5 Å². The normalized spacial score (nSPS) is 11.0. The van der Waals surface area contributed by atoms with E-state index in [2.05, 4.69) is 5.32 Å². The summed E-state index contributed by atoms with van der Waals surface area (Å²) in [6.07, 6.45) is 0. The quantitative estimate of drug-likeness (QED) is 0.261. The van der Waals surface area contributed by atoms with Gasteiger partial charge in [0.25, 0.3) is 0 Å². The minimum atomic E-state index is -0.339. The minimum Gasteiger partial charge on any atom is -0.497 e. The summed E-state index contributed by atoms with van der Waals surface area (Å²) in [7, 11) is 1.57. The second kappa shape index (κ2) is 10.1. The van der Waals surface area contributed by atoms with E-state index in [9.17, 15) is 9.59 Å². The van der Waals surface area contributed by atoms with Crippen LogP contribution in [-0.4, -0.2) is 22.6 Å². The number of aromatic nitrogens is 2. The van der Waals surface area contributed by atoms with Gasteiger partial charge in [-0.2, -0.15) is 0 Å². The fourth-order valence-electron chi connectivity index (χ4n) is 3.80. The smallest absolute Gasteiger partial charge is 0.309 e. The number of rotatable bonds is 6. The second-order valence-corrected chi connectivity index (χ2v) is 9.79. The van der Waals surface area contributed by atoms with Crippen LogP contribution in [0.2, 0.25) is 10.0 Å². The molecule has 0 saturated heterocycles. The number of carbonyl (C=O) groups is 1. The van der Waals surface area contributed by atoms with Crippen LogP contribution in [0.25, 0.3) is 32.7 Å². The molecule has 0 spiro atoms. The van der Waals surface area contributed by atoms with Crippen LogP contribution in [0.4, 0.5) is 5.69 Å². The van der Waals surface area contributed by atoms with Gasteiger partial charge in [-0.3, -0.25) is 14.2 Å². The molecule has 1 N–H and O–H groups in total. The molecule has 0 aliphatic carbocycles. The molecule has 3 aromatic carbocycles. The Balaban J connectivity index is 1.58. The van der Waals surface area contributed by atoms with Crippen LogP contribution in [0, 0.1) is 0 Å². The molecule has 36 heavy (non-hydrogen) atoms. The third-order valence-corrected chi connectivity index (χ3v) is 7.10. The Morgan fingerprint density at radius 3 is 2.17 bits per heavy atom. The van der Waals surface area contributed by atoms with Crippen molar-refractivity contribution in [1.29, 1.82) is 0 Å². The highest BCUT2D eigenvalue weighted by molar-refractivity contribution is 7.17. The van der Waals surface area contributed by atoms with Gasteiger partial charge in [0, 0.05) is 26.9 Å². The fourth-order valence-corrected chi connectivity index (χ4v) is 5.02. The number of nitrogens with zero attached hydrogens (tertiary/aromatic N) is 2. The summed E-state index contributed by atoms with van der Waals surface area (Å²) in [4.78, 5) is 30.4. The fraction of sp³-hybridized carbons (Fsp3) is 0.0741. The predicted octanol–water partition coefficient (Wildman–Crippen LogP) is 6.75. The number of carbonyl (C=O) groups excluding carboxylic acids is 1. The van der Waals surface area contributed by atoms with Crippen LogP contribution in [0.5, 0.6) is 5.75 Å². The first-order valence-corrected chi connectivity index (χ1v) is 12.5. The van der Waals surface area contributed by atoms with Crippen molar-refractivity contribution in [3.63, 3.8) is 0 Å². The SMILES string of the molecule is COc1ccc(NC(=O)Cn2c(=O)sc3c(-c4ccc(Cl)cc4)cc(-c4ccc(Cl)cc4)nc32)cc1. The van der Waals surface area contributed by atoms with E-state index in [0.717, 1.165) is 28.0 Å². The van der Waals surface area contributed by atoms with E-state index >= 15 is 0 Å². The van der Waals surface area contributed by atoms with Gasteiger partial charge in [-0.25, -0.2) is 4.98 Å². The van der Waals surface area contributed by atoms with E-state index in [1.807, 2.05) is 30.3 Å². The molecule has 0 atom stereocenters. The summed E-state index contributed by atoms with van der Waals surface area (Å²) in [5, 5.41) is 4.05. The van der Waals surface area contributed by atoms with Gasteiger partial charge in [-0.15, -0.1) is 0 Å². The topological polar surface area (TPSA) is 73.2 Å². The number of pyridine rings is 1. The van der Waals surface area contributed by atoms with Crippen LogP contribution >= 0.6 is 34.5 Å². The summed E-state index contributed by atoms with van der Waals surface area (Å²) >= 11 is 13.2. The zero-order valence-corrected chi connectivity index (χ0v) is 21.3. The van der Waals surface area contributed by atoms with Gasteiger partial charge in [0.1, 0.15) is 12.3 Å². The molecule has 5 rings (SSSR count). The number of amides is 1. The maximum absolute atomic E-state index is 13.0. The molecule has 1 amide bonds. The van der Waals surface area contributed by atoms with Gasteiger partial charge in [0.05, 0.1) is 17.5 Å². The lowest BCUT2D eigenvalue weighted by Crippen LogP contribution is -2.24. The minimum absolute atomic E-state index is 0.179. The Labute approximate surface area is 220 Å². The Bertz CT molecular complexity index is 1610. The highest BCUT2D eigenvalue weighted by atomic mass is 35.5. The summed E-state index contributed by atoms with van der Waals surface area (Å²) in [5.41, 5.74) is 4.25. The number of ether oxygens (including phenoxy) is 1. The average Bonchev–Trinajstić information content (AvgIpc) is 3.19. The zero-order valence-electron chi connectivity index (χ0n) is 19.0. The van der Waals surface area contributed by atoms with E-state index in [1.165, 1.54) is 4.57 Å². The van der Waals surface area contributed by atoms with Crippen molar-refractivity contribution in [2.75, 3.05) is 12.4 Å². The Morgan fingerprint density at radius 1 is 0.944 bits per heavy atom. The second-order valence-electron chi connectivity index (χ2n) is 7.95. The standard InChI is InChI=1S/C27H19Cl2N3O3S/c1-35-21-12-10-20(11-13-21)30-24(33)15-32-26-25(36-27(32)34)22(16-2-6-18(28)7-3-16)14-23(31-26)17-4-8-19(29)9-5-17/h2-14H,15H2,1H3,(H,30,33). The number of hydrogen-bond donors (Lipinski definition) is 1. The van der Waals surface area contributed by atoms with Gasteiger partial charge in [0.2, 0.25) is 5.91 Å². The summed E-state index contributed by atoms with van der Waals surface area (Å²) < 4.78 is 7.24. The third kappa shape index (κ3) is 4.99. The van der Waals surface area contributed by atoms with Crippen LogP contribution < -0.4 is 14.9 Å². The lowest BCUT2D eigenvalue weighted by atomic mass is 10.0. The summed E-state index contributed by atoms with van der Waals surface area (Å²) in [6, 6.07) is 23.6. The number of halogens is 2. The molecular weight excluding hydrogens is 517 g/mol. The molecule has 180 valence electrons. The van der Waals surface area contributed by atoms with Crippen LogP contribution in [0.3, 0.4) is 0 Å². The van der Waals surface area contributed by atoms with E-state index in [0.29, 0.717) is 37.5 Å². The molecule has 0 saturated carbocycles. The van der Waals surface area contributed by atoms with Crippen molar-refractivity contribution in [3.8, 4) is 28.1 Å². The van der Waals surface area contributed by atoms with Gasteiger partial charge in [0.15, 0.2) is 5.65 Å². The van der Waals surface area contributed by atoms with Gasteiger partial charge >= 0.3 is 4.87 Å². The van der Waals surface area contributed by atoms with Crippen LogP contribution in [-0.2, 0) is 11.3 Å². The number of benzene rings is 3. The van der Waals surface area contributed by atoms with Crippen molar-refractivity contribution in [1.82, 2.24) is 9.55 Å². The Morgan fingerprint density at radius 2 is 1.56 bits per heavy atom. The van der Waals surface area contributed by atoms with Crippen LogP contribution in [0.1, 0.15) is 0 Å². The maximum Gasteiger partial charge on any atom is 0.309 e. The lowest BCUT2D eigenvalue weighted by molar-refractivity contribution is -0.116. The highest BCUT2D eigenvalue weighted by Crippen LogP contribution is 2.34. The predicted molar refractivity (Wildman–Crippen MR) is 146 cm³/mol. The van der Waals surface area contributed by atoms with Gasteiger partial charge < -0.3 is 10.1 Å². The molecule has 0 radical (unpaired) electrons. The first-order chi connectivity index (χ1) is 17.4.